The maximum absolute atomic E-state index is 12.9. The third-order valence-electron chi connectivity index (χ3n) is 3.34. The van der Waals surface area contributed by atoms with Gasteiger partial charge in [-0.05, 0) is 24.3 Å². The number of amides is 1. The number of aromatic nitrogens is 2. The molecule has 3 rings (SSSR count). The van der Waals surface area contributed by atoms with Gasteiger partial charge in [-0.15, -0.1) is 0 Å². The summed E-state index contributed by atoms with van der Waals surface area (Å²) in [5.41, 5.74) is -0.311. The molecule has 0 saturated heterocycles. The van der Waals surface area contributed by atoms with Crippen molar-refractivity contribution in [3.63, 3.8) is 0 Å². The topological polar surface area (TPSA) is 78.7 Å². The van der Waals surface area contributed by atoms with Gasteiger partial charge in [0.1, 0.15) is 16.6 Å². The molecule has 0 aliphatic rings. The van der Waals surface area contributed by atoms with E-state index in [4.69, 9.17) is 0 Å². The van der Waals surface area contributed by atoms with E-state index in [9.17, 15) is 23.2 Å². The molecule has 0 fully saturated rings. The first-order chi connectivity index (χ1) is 12.4. The first-order valence-electron chi connectivity index (χ1n) is 7.18. The van der Waals surface area contributed by atoms with Crippen LogP contribution in [0.5, 0.6) is 0 Å². The number of nitrogens with zero attached hydrogens (tertiary/aromatic N) is 3. The lowest BCUT2D eigenvalue weighted by atomic mass is 10.1. The van der Waals surface area contributed by atoms with Crippen molar-refractivity contribution in [1.29, 1.82) is 5.26 Å². The van der Waals surface area contributed by atoms with Gasteiger partial charge in [0.05, 0.1) is 11.1 Å². The van der Waals surface area contributed by atoms with Crippen molar-refractivity contribution in [2.24, 2.45) is 0 Å². The number of anilines is 1. The highest BCUT2D eigenvalue weighted by atomic mass is 32.1. The highest BCUT2D eigenvalue weighted by molar-refractivity contribution is 7.16. The van der Waals surface area contributed by atoms with Gasteiger partial charge in [-0.2, -0.15) is 18.4 Å². The first-order valence-corrected chi connectivity index (χ1v) is 8.00. The van der Waals surface area contributed by atoms with Crippen LogP contribution in [-0.4, -0.2) is 15.9 Å². The molecule has 0 unspecified atom stereocenters. The number of halogens is 3. The molecule has 0 saturated carbocycles. The maximum atomic E-state index is 12.9. The maximum Gasteiger partial charge on any atom is 0.416 e. The standard InChI is InChI=1S/C17H9F3N4OS/c18-17(19,20)12-5-1-3-10(7-12)14-13(8-21)26-16(23-14)24-15(25)11-4-2-6-22-9-11/h1-7,9H,(H,23,24,25). The number of pyridine rings is 1. The average Bonchev–Trinajstić information content (AvgIpc) is 3.04. The van der Waals surface area contributed by atoms with Crippen LogP contribution in [0.15, 0.2) is 48.8 Å². The van der Waals surface area contributed by atoms with Crippen LogP contribution in [0.3, 0.4) is 0 Å². The van der Waals surface area contributed by atoms with Crippen LogP contribution in [0.1, 0.15) is 20.8 Å². The Morgan fingerprint density at radius 3 is 2.69 bits per heavy atom. The van der Waals surface area contributed by atoms with E-state index in [0.717, 1.165) is 23.5 Å². The number of thiazole rings is 1. The number of nitriles is 1. The molecule has 9 heteroatoms. The molecule has 0 bridgehead atoms. The van der Waals surface area contributed by atoms with Crippen molar-refractivity contribution in [2.75, 3.05) is 5.32 Å². The fourth-order valence-electron chi connectivity index (χ4n) is 2.15. The fraction of sp³-hybridized carbons (Fsp3) is 0.0588. The minimum Gasteiger partial charge on any atom is -0.298 e. The molecule has 1 amide bonds. The summed E-state index contributed by atoms with van der Waals surface area (Å²) in [6.45, 7) is 0. The smallest absolute Gasteiger partial charge is 0.298 e. The van der Waals surface area contributed by atoms with Crippen molar-refractivity contribution in [3.05, 3.63) is 64.8 Å². The quantitative estimate of drug-likeness (QED) is 0.739. The predicted molar refractivity (Wildman–Crippen MR) is 89.5 cm³/mol. The van der Waals surface area contributed by atoms with Crippen LogP contribution >= 0.6 is 11.3 Å². The van der Waals surface area contributed by atoms with Gasteiger partial charge in [-0.25, -0.2) is 4.98 Å². The van der Waals surface area contributed by atoms with Gasteiger partial charge in [0.2, 0.25) is 0 Å². The van der Waals surface area contributed by atoms with E-state index in [1.165, 1.54) is 24.5 Å². The van der Waals surface area contributed by atoms with Gasteiger partial charge in [-0.3, -0.25) is 15.1 Å². The Hall–Kier alpha value is -3.25. The highest BCUT2D eigenvalue weighted by Gasteiger charge is 2.31. The zero-order valence-electron chi connectivity index (χ0n) is 12.9. The lowest BCUT2D eigenvalue weighted by Crippen LogP contribution is -2.11. The van der Waals surface area contributed by atoms with Gasteiger partial charge >= 0.3 is 6.18 Å². The lowest BCUT2D eigenvalue weighted by molar-refractivity contribution is -0.137. The third-order valence-corrected chi connectivity index (χ3v) is 4.21. The van der Waals surface area contributed by atoms with Crippen LogP contribution in [0.25, 0.3) is 11.3 Å². The summed E-state index contributed by atoms with van der Waals surface area (Å²) >= 11 is 0.885. The molecule has 2 aromatic heterocycles. The van der Waals surface area contributed by atoms with E-state index in [1.54, 1.807) is 12.1 Å². The van der Waals surface area contributed by atoms with E-state index >= 15 is 0 Å². The highest BCUT2D eigenvalue weighted by Crippen LogP contribution is 2.35. The number of hydrogen-bond donors (Lipinski definition) is 1. The lowest BCUT2D eigenvalue weighted by Gasteiger charge is -2.07. The minimum absolute atomic E-state index is 0.0880. The monoisotopic (exact) mass is 374 g/mol. The molecular formula is C17H9F3N4OS. The van der Waals surface area contributed by atoms with Gasteiger partial charge in [0.15, 0.2) is 5.13 Å². The van der Waals surface area contributed by atoms with Crippen molar-refractivity contribution >= 4 is 22.4 Å². The minimum atomic E-state index is -4.50. The Bertz CT molecular complexity index is 993. The Morgan fingerprint density at radius 1 is 1.23 bits per heavy atom. The summed E-state index contributed by atoms with van der Waals surface area (Å²) in [6.07, 6.45) is -1.63. The average molecular weight is 374 g/mol. The molecule has 0 atom stereocenters. The van der Waals surface area contributed by atoms with Crippen LogP contribution < -0.4 is 5.32 Å². The summed E-state index contributed by atoms with van der Waals surface area (Å²) in [5, 5.41) is 11.9. The van der Waals surface area contributed by atoms with E-state index in [0.29, 0.717) is 5.56 Å². The van der Waals surface area contributed by atoms with E-state index < -0.39 is 17.6 Å². The number of hydrogen-bond acceptors (Lipinski definition) is 5. The third kappa shape index (κ3) is 3.70. The second-order valence-electron chi connectivity index (χ2n) is 5.08. The molecule has 1 aromatic carbocycles. The van der Waals surface area contributed by atoms with Gasteiger partial charge in [-0.1, -0.05) is 23.5 Å². The van der Waals surface area contributed by atoms with Gasteiger partial charge < -0.3 is 0 Å². The molecule has 0 aliphatic carbocycles. The number of carbonyl (C=O) groups is 1. The number of benzene rings is 1. The van der Waals surface area contributed by atoms with Crippen LogP contribution in [0.2, 0.25) is 0 Å². The molecule has 3 aromatic rings. The normalized spacial score (nSPS) is 11.0. The predicted octanol–water partition coefficient (Wildman–Crippen LogP) is 4.35. The second kappa shape index (κ2) is 6.93. The molecule has 26 heavy (non-hydrogen) atoms. The molecule has 0 aliphatic heterocycles. The first kappa shape index (κ1) is 17.6. The zero-order chi connectivity index (χ0) is 18.7. The molecular weight excluding hydrogens is 365 g/mol. The summed E-state index contributed by atoms with van der Waals surface area (Å²) in [6, 6.07) is 9.56. The molecule has 130 valence electrons. The van der Waals surface area contributed by atoms with E-state index in [2.05, 4.69) is 15.3 Å². The summed E-state index contributed by atoms with van der Waals surface area (Å²) in [7, 11) is 0. The van der Waals surface area contributed by atoms with Crippen molar-refractivity contribution in [3.8, 4) is 17.3 Å². The largest absolute Gasteiger partial charge is 0.416 e. The summed E-state index contributed by atoms with van der Waals surface area (Å²) in [4.78, 5) is 20.2. The Kier molecular flexibility index (Phi) is 4.69. The molecule has 0 radical (unpaired) electrons. The Balaban J connectivity index is 1.93. The molecule has 1 N–H and O–H groups in total. The van der Waals surface area contributed by atoms with Crippen molar-refractivity contribution < 1.29 is 18.0 Å². The Labute approximate surface area is 149 Å². The number of nitrogens with one attached hydrogen (secondary N) is 1. The number of rotatable bonds is 3. The van der Waals surface area contributed by atoms with Gasteiger partial charge in [0.25, 0.3) is 5.91 Å². The van der Waals surface area contributed by atoms with Crippen LogP contribution in [-0.2, 0) is 6.18 Å². The van der Waals surface area contributed by atoms with Gasteiger partial charge in [0, 0.05) is 18.0 Å². The second-order valence-corrected chi connectivity index (χ2v) is 6.08. The molecule has 5 nitrogen and oxygen atoms in total. The number of alkyl halides is 3. The van der Waals surface area contributed by atoms with Crippen molar-refractivity contribution in [1.82, 2.24) is 9.97 Å². The number of carbonyl (C=O) groups excluding carboxylic acids is 1. The summed E-state index contributed by atoms with van der Waals surface area (Å²) in [5.74, 6) is -0.480. The van der Waals surface area contributed by atoms with E-state index in [-0.39, 0.29) is 21.3 Å². The zero-order valence-corrected chi connectivity index (χ0v) is 13.7. The van der Waals surface area contributed by atoms with Crippen LogP contribution in [0, 0.1) is 11.3 Å². The molecule has 2 heterocycles. The summed E-state index contributed by atoms with van der Waals surface area (Å²) < 4.78 is 38.7. The Morgan fingerprint density at radius 2 is 2.04 bits per heavy atom. The van der Waals surface area contributed by atoms with Crippen molar-refractivity contribution in [2.45, 2.75) is 6.18 Å². The van der Waals surface area contributed by atoms with Crippen LogP contribution in [0.4, 0.5) is 18.3 Å². The molecule has 0 spiro atoms. The fourth-order valence-corrected chi connectivity index (χ4v) is 2.93. The SMILES string of the molecule is N#Cc1sc(NC(=O)c2cccnc2)nc1-c1cccc(C(F)(F)F)c1. The van der Waals surface area contributed by atoms with E-state index in [1.807, 2.05) is 6.07 Å².